The van der Waals surface area contributed by atoms with Crippen LogP contribution in [0.1, 0.15) is 58.8 Å². The number of fused-ring (bicyclic) bond motifs is 1. The third-order valence-electron chi connectivity index (χ3n) is 6.46. The number of ether oxygens (including phenoxy) is 1. The zero-order chi connectivity index (χ0) is 19.3. The van der Waals surface area contributed by atoms with Crippen molar-refractivity contribution in [3.8, 4) is 6.07 Å². The molecule has 0 bridgehead atoms. The summed E-state index contributed by atoms with van der Waals surface area (Å²) in [6, 6.07) is 2.95. The first-order valence-electron chi connectivity index (χ1n) is 10.8. The molecule has 2 fully saturated rings. The molecule has 1 N–H and O–H groups in total. The van der Waals surface area contributed by atoms with Gasteiger partial charge < -0.3 is 9.64 Å². The number of hydrogen-bond acceptors (Lipinski definition) is 5. The predicted molar refractivity (Wildman–Crippen MR) is 110 cm³/mol. The maximum absolute atomic E-state index is 9.70. The fourth-order valence-corrected chi connectivity index (χ4v) is 5.00. The number of piperidine rings is 1. The zero-order valence-corrected chi connectivity index (χ0v) is 17.2. The van der Waals surface area contributed by atoms with E-state index in [1.54, 1.807) is 0 Å². The maximum Gasteiger partial charge on any atom is 0.151 e. The van der Waals surface area contributed by atoms with E-state index in [9.17, 15) is 5.26 Å². The van der Waals surface area contributed by atoms with E-state index in [0.717, 1.165) is 45.2 Å². The average molecular weight is 373 g/mol. The van der Waals surface area contributed by atoms with Crippen LogP contribution in [0.3, 0.4) is 0 Å². The number of aliphatic imine (C=N–C) groups is 1. The molecule has 5 heteroatoms. The Hall–Kier alpha value is -1.22. The fourth-order valence-electron chi connectivity index (χ4n) is 5.00. The first-order valence-corrected chi connectivity index (χ1v) is 10.8. The summed E-state index contributed by atoms with van der Waals surface area (Å²) >= 11 is 0. The molecule has 0 saturated carbocycles. The zero-order valence-electron chi connectivity index (χ0n) is 17.2. The summed E-state index contributed by atoms with van der Waals surface area (Å²) in [5.41, 5.74) is -0.249. The molecule has 3 rings (SSSR count). The summed E-state index contributed by atoms with van der Waals surface area (Å²) in [4.78, 5) is 7.28. The van der Waals surface area contributed by atoms with Crippen LogP contribution in [-0.4, -0.2) is 55.2 Å². The highest BCUT2D eigenvalue weighted by Crippen LogP contribution is 2.48. The van der Waals surface area contributed by atoms with Gasteiger partial charge in [-0.1, -0.05) is 38.8 Å². The first-order chi connectivity index (χ1) is 13.1. The predicted octanol–water partition coefficient (Wildman–Crippen LogP) is 3.52. The van der Waals surface area contributed by atoms with Gasteiger partial charge in [0, 0.05) is 30.5 Å². The second-order valence-corrected chi connectivity index (χ2v) is 8.56. The van der Waals surface area contributed by atoms with Gasteiger partial charge in [-0.2, -0.15) is 5.26 Å². The standard InChI is InChI=1S/C22H36N4O/c1-4-6-7-8-18-19-16-24-21(25-17-9-12-26(3)13-10-17)14-22(19,11-5-2)27-20(18)15-23/h7-8,16-21,25H,4-6,9-14H2,1-3H3/b8-7+. The highest BCUT2D eigenvalue weighted by Gasteiger charge is 2.55. The Labute approximate surface area is 164 Å². The molecule has 2 saturated heterocycles. The van der Waals surface area contributed by atoms with Crippen molar-refractivity contribution in [3.05, 3.63) is 12.2 Å². The Morgan fingerprint density at radius 1 is 1.33 bits per heavy atom. The van der Waals surface area contributed by atoms with Crippen molar-refractivity contribution in [2.45, 2.75) is 82.7 Å². The molecule has 5 nitrogen and oxygen atoms in total. The third kappa shape index (κ3) is 4.62. The first kappa shape index (κ1) is 20.5. The Morgan fingerprint density at radius 2 is 2.11 bits per heavy atom. The van der Waals surface area contributed by atoms with Crippen LogP contribution in [0, 0.1) is 23.2 Å². The van der Waals surface area contributed by atoms with Crippen LogP contribution in [0.15, 0.2) is 17.1 Å². The lowest BCUT2D eigenvalue weighted by atomic mass is 9.73. The summed E-state index contributed by atoms with van der Waals surface area (Å²) in [6.07, 6.45) is 13.8. The molecule has 0 aromatic carbocycles. The minimum absolute atomic E-state index is 0.110. The minimum Gasteiger partial charge on any atom is -0.355 e. The number of nitrogens with zero attached hydrogens (tertiary/aromatic N) is 3. The molecule has 0 spiro atoms. The van der Waals surface area contributed by atoms with Crippen LogP contribution in [0.5, 0.6) is 0 Å². The molecule has 3 heterocycles. The van der Waals surface area contributed by atoms with Gasteiger partial charge in [-0.15, -0.1) is 0 Å². The van der Waals surface area contributed by atoms with E-state index >= 15 is 0 Å². The van der Waals surface area contributed by atoms with E-state index in [4.69, 9.17) is 9.73 Å². The van der Waals surface area contributed by atoms with Gasteiger partial charge in [-0.25, -0.2) is 0 Å². The lowest BCUT2D eigenvalue weighted by Gasteiger charge is -2.40. The number of rotatable bonds is 7. The monoisotopic (exact) mass is 372 g/mol. The molecule has 3 aliphatic rings. The lowest BCUT2D eigenvalue weighted by molar-refractivity contribution is -0.0535. The molecule has 0 amide bonds. The Balaban J connectivity index is 1.74. The van der Waals surface area contributed by atoms with E-state index in [1.165, 1.54) is 12.8 Å². The van der Waals surface area contributed by atoms with Crippen molar-refractivity contribution in [3.63, 3.8) is 0 Å². The third-order valence-corrected chi connectivity index (χ3v) is 6.46. The molecule has 0 aliphatic carbocycles. The maximum atomic E-state index is 9.70. The summed E-state index contributed by atoms with van der Waals surface area (Å²) in [5.74, 6) is 0.340. The van der Waals surface area contributed by atoms with Gasteiger partial charge in [0.15, 0.2) is 6.10 Å². The van der Waals surface area contributed by atoms with Crippen molar-refractivity contribution in [1.29, 1.82) is 5.26 Å². The van der Waals surface area contributed by atoms with Crippen LogP contribution < -0.4 is 5.32 Å². The number of hydrogen-bond donors (Lipinski definition) is 1. The average Bonchev–Trinajstić information content (AvgIpc) is 2.97. The van der Waals surface area contributed by atoms with Crippen LogP contribution >= 0.6 is 0 Å². The van der Waals surface area contributed by atoms with E-state index in [0.29, 0.717) is 6.04 Å². The van der Waals surface area contributed by atoms with E-state index in [-0.39, 0.29) is 29.7 Å². The van der Waals surface area contributed by atoms with Crippen LogP contribution in [-0.2, 0) is 4.74 Å². The number of nitriles is 1. The molecule has 5 unspecified atom stereocenters. The minimum atomic E-state index is -0.358. The summed E-state index contributed by atoms with van der Waals surface area (Å²) in [6.45, 7) is 6.68. The summed E-state index contributed by atoms with van der Waals surface area (Å²) in [7, 11) is 2.19. The van der Waals surface area contributed by atoms with E-state index < -0.39 is 0 Å². The second-order valence-electron chi connectivity index (χ2n) is 8.56. The van der Waals surface area contributed by atoms with Gasteiger partial charge in [0.05, 0.1) is 11.7 Å². The van der Waals surface area contributed by atoms with Gasteiger partial charge in [0.1, 0.15) is 6.17 Å². The molecular weight excluding hydrogens is 336 g/mol. The largest absolute Gasteiger partial charge is 0.355 e. The smallest absolute Gasteiger partial charge is 0.151 e. The Kier molecular flexibility index (Phi) is 7.08. The van der Waals surface area contributed by atoms with E-state index in [1.807, 2.05) is 0 Å². The Bertz CT molecular complexity index is 575. The summed E-state index contributed by atoms with van der Waals surface area (Å²) < 4.78 is 6.47. The second kappa shape index (κ2) is 9.32. The highest BCUT2D eigenvalue weighted by molar-refractivity contribution is 5.66. The van der Waals surface area contributed by atoms with Gasteiger partial charge in [-0.3, -0.25) is 10.3 Å². The number of likely N-dealkylation sites (tertiary alicyclic amines) is 1. The Morgan fingerprint density at radius 3 is 2.78 bits per heavy atom. The normalized spacial score (nSPS) is 37.6. The highest BCUT2D eigenvalue weighted by atomic mass is 16.5. The molecule has 0 aromatic heterocycles. The van der Waals surface area contributed by atoms with Crippen molar-refractivity contribution < 1.29 is 4.74 Å². The van der Waals surface area contributed by atoms with Crippen molar-refractivity contribution in [2.24, 2.45) is 16.8 Å². The van der Waals surface area contributed by atoms with Gasteiger partial charge in [-0.05, 0) is 45.8 Å². The van der Waals surface area contributed by atoms with Gasteiger partial charge in [0.25, 0.3) is 0 Å². The number of unbranched alkanes of at least 4 members (excludes halogenated alkanes) is 1. The molecule has 27 heavy (non-hydrogen) atoms. The quantitative estimate of drug-likeness (QED) is 0.695. The SMILES string of the molecule is CCC/C=C/C1C(C#N)OC2(CCC)CC(NC3CCN(C)CC3)N=CC12. The molecule has 0 radical (unpaired) electrons. The van der Waals surface area contributed by atoms with Crippen LogP contribution in [0.25, 0.3) is 0 Å². The van der Waals surface area contributed by atoms with Crippen molar-refractivity contribution in [2.75, 3.05) is 20.1 Å². The summed E-state index contributed by atoms with van der Waals surface area (Å²) in [5, 5.41) is 13.5. The topological polar surface area (TPSA) is 60.6 Å². The van der Waals surface area contributed by atoms with Gasteiger partial charge in [0.2, 0.25) is 0 Å². The van der Waals surface area contributed by atoms with Crippen molar-refractivity contribution in [1.82, 2.24) is 10.2 Å². The molecule has 3 aliphatic heterocycles. The molecular formula is C22H36N4O. The molecule has 0 aromatic rings. The lowest BCUT2D eigenvalue weighted by Crippen LogP contribution is -2.51. The van der Waals surface area contributed by atoms with Gasteiger partial charge >= 0.3 is 0 Å². The fraction of sp³-hybridized carbons (Fsp3) is 0.818. The number of allylic oxidation sites excluding steroid dienone is 1. The van der Waals surface area contributed by atoms with E-state index in [2.05, 4.69) is 55.5 Å². The molecule has 5 atom stereocenters. The van der Waals surface area contributed by atoms with Crippen LogP contribution in [0.2, 0.25) is 0 Å². The number of nitrogens with one attached hydrogen (secondary N) is 1. The molecule has 150 valence electrons. The van der Waals surface area contributed by atoms with Crippen molar-refractivity contribution >= 4 is 6.21 Å². The van der Waals surface area contributed by atoms with Crippen LogP contribution in [0.4, 0.5) is 0 Å².